The van der Waals surface area contributed by atoms with E-state index in [0.29, 0.717) is 5.82 Å². The Morgan fingerprint density at radius 3 is 2.74 bits per heavy atom. The zero-order chi connectivity index (χ0) is 19.6. The molecule has 1 aliphatic rings. The van der Waals surface area contributed by atoms with Crippen molar-refractivity contribution in [1.82, 2.24) is 20.2 Å². The first-order valence-electron chi connectivity index (χ1n) is 8.36. The van der Waals surface area contributed by atoms with Crippen molar-refractivity contribution in [3.63, 3.8) is 0 Å². The molecule has 8 nitrogen and oxygen atoms in total. The largest absolute Gasteiger partial charge is 0.453 e. The van der Waals surface area contributed by atoms with Gasteiger partial charge in [-0.2, -0.15) is 0 Å². The van der Waals surface area contributed by atoms with Gasteiger partial charge in [-0.1, -0.05) is 28.1 Å². The number of methoxy groups -OCH3 is 1. The second kappa shape index (κ2) is 7.91. The summed E-state index contributed by atoms with van der Waals surface area (Å²) in [5, 5.41) is 2.43. The van der Waals surface area contributed by atoms with Gasteiger partial charge in [-0.15, -0.1) is 0 Å². The molecule has 2 N–H and O–H groups in total. The molecular formula is C18H19BrN4O4. The van der Waals surface area contributed by atoms with Crippen molar-refractivity contribution in [2.45, 2.75) is 25.4 Å². The van der Waals surface area contributed by atoms with Crippen LogP contribution in [0.2, 0.25) is 0 Å². The minimum Gasteiger partial charge on any atom is -0.453 e. The van der Waals surface area contributed by atoms with Gasteiger partial charge in [-0.05, 0) is 24.6 Å². The molecule has 0 bridgehead atoms. The number of nitrogens with one attached hydrogen (secondary N) is 2. The highest BCUT2D eigenvalue weighted by Crippen LogP contribution is 2.30. The van der Waals surface area contributed by atoms with Gasteiger partial charge in [0.05, 0.1) is 31.6 Å². The van der Waals surface area contributed by atoms with Gasteiger partial charge in [-0.3, -0.25) is 9.59 Å². The van der Waals surface area contributed by atoms with Gasteiger partial charge in [-0.25, -0.2) is 9.78 Å². The number of halogens is 1. The number of rotatable bonds is 4. The number of carbonyl (C=O) groups is 3. The van der Waals surface area contributed by atoms with Gasteiger partial charge in [0.1, 0.15) is 11.9 Å². The molecule has 1 saturated heterocycles. The summed E-state index contributed by atoms with van der Waals surface area (Å²) in [5.74, 6) is 0.121. The molecular weight excluding hydrogens is 416 g/mol. The van der Waals surface area contributed by atoms with E-state index >= 15 is 0 Å². The van der Waals surface area contributed by atoms with Crippen LogP contribution in [0.3, 0.4) is 0 Å². The highest BCUT2D eigenvalue weighted by Gasteiger charge is 2.38. The first-order valence-corrected chi connectivity index (χ1v) is 9.16. The number of imidazole rings is 1. The van der Waals surface area contributed by atoms with Gasteiger partial charge < -0.3 is 19.9 Å². The van der Waals surface area contributed by atoms with Gasteiger partial charge in [0, 0.05) is 10.9 Å². The first-order chi connectivity index (χ1) is 12.9. The summed E-state index contributed by atoms with van der Waals surface area (Å²) >= 11 is 3.40. The van der Waals surface area contributed by atoms with Crippen LogP contribution in [0.4, 0.5) is 4.79 Å². The molecule has 1 aliphatic heterocycles. The highest BCUT2D eigenvalue weighted by molar-refractivity contribution is 9.10. The lowest BCUT2D eigenvalue weighted by atomic mass is 10.1. The van der Waals surface area contributed by atoms with E-state index in [1.54, 1.807) is 13.1 Å². The molecule has 2 amide bonds. The van der Waals surface area contributed by atoms with Crippen LogP contribution in [0.25, 0.3) is 11.3 Å². The lowest BCUT2D eigenvalue weighted by Crippen LogP contribution is -2.47. The number of carbonyl (C=O) groups excluding carboxylic acids is 3. The van der Waals surface area contributed by atoms with Gasteiger partial charge in [0.25, 0.3) is 0 Å². The minimum absolute atomic E-state index is 0.00892. The minimum atomic E-state index is -0.813. The Bertz CT molecular complexity index is 865. The molecule has 0 unspecified atom stereocenters. The Hall–Kier alpha value is -2.68. The number of aromatic amines is 1. The number of Topliss-reactive ketones (excluding diaryl/α,β-unsaturated/α-hetero) is 1. The summed E-state index contributed by atoms with van der Waals surface area (Å²) in [7, 11) is 1.22. The summed E-state index contributed by atoms with van der Waals surface area (Å²) in [6, 6.07) is 6.41. The number of hydrogen-bond donors (Lipinski definition) is 2. The van der Waals surface area contributed by atoms with E-state index in [2.05, 4.69) is 36.0 Å². The average Bonchev–Trinajstić information content (AvgIpc) is 3.28. The fourth-order valence-electron chi connectivity index (χ4n) is 2.99. The molecule has 0 radical (unpaired) electrons. The van der Waals surface area contributed by atoms with Crippen molar-refractivity contribution < 1.29 is 19.1 Å². The Labute approximate surface area is 164 Å². The van der Waals surface area contributed by atoms with E-state index in [1.807, 2.05) is 24.3 Å². The highest BCUT2D eigenvalue weighted by atomic mass is 79.9. The molecule has 1 fully saturated rings. The van der Waals surface area contributed by atoms with Crippen molar-refractivity contribution in [1.29, 1.82) is 0 Å². The van der Waals surface area contributed by atoms with Crippen LogP contribution in [0, 0.1) is 0 Å². The maximum absolute atomic E-state index is 12.7. The summed E-state index contributed by atoms with van der Waals surface area (Å²) in [6.07, 6.45) is 1.16. The molecule has 1 aromatic heterocycles. The number of nitrogens with zero attached hydrogens (tertiary/aromatic N) is 2. The molecule has 27 heavy (non-hydrogen) atoms. The van der Waals surface area contributed by atoms with Crippen molar-refractivity contribution >= 4 is 33.7 Å². The second-order valence-electron chi connectivity index (χ2n) is 6.27. The first kappa shape index (κ1) is 19.1. The second-order valence-corrected chi connectivity index (χ2v) is 7.19. The number of H-pyrrole nitrogens is 1. The third kappa shape index (κ3) is 4.19. The smallest absolute Gasteiger partial charge is 0.407 e. The Balaban J connectivity index is 1.80. The molecule has 2 heterocycles. The van der Waals surface area contributed by atoms with Gasteiger partial charge in [0.2, 0.25) is 5.91 Å². The molecule has 0 spiro atoms. The van der Waals surface area contributed by atoms with Crippen LogP contribution in [0.5, 0.6) is 0 Å². The normalized spacial score (nSPS) is 17.7. The standard InChI is InChI=1S/C18H19BrN4O4/c1-10(21-18(26)27-2)17(25)23-9-13(24)7-15(23)16-20-8-14(22-16)11-3-5-12(19)6-4-11/h3-6,8,10,15H,7,9H2,1-2H3,(H,20,22)(H,21,26)/t10-,15-/m0/s1. The van der Waals surface area contributed by atoms with Crippen LogP contribution < -0.4 is 5.32 Å². The van der Waals surface area contributed by atoms with E-state index in [1.165, 1.54) is 12.0 Å². The molecule has 0 aliphatic carbocycles. The number of alkyl carbamates (subject to hydrolysis) is 1. The molecule has 2 atom stereocenters. The van der Waals surface area contributed by atoms with Crippen molar-refractivity contribution in [3.05, 3.63) is 40.8 Å². The summed E-state index contributed by atoms with van der Waals surface area (Å²) < 4.78 is 5.49. The fourth-order valence-corrected chi connectivity index (χ4v) is 3.26. The number of hydrogen-bond acceptors (Lipinski definition) is 5. The van der Waals surface area contributed by atoms with Crippen LogP contribution in [-0.2, 0) is 14.3 Å². The lowest BCUT2D eigenvalue weighted by Gasteiger charge is -2.25. The maximum Gasteiger partial charge on any atom is 0.407 e. The van der Waals surface area contributed by atoms with Crippen LogP contribution in [0.15, 0.2) is 34.9 Å². The topological polar surface area (TPSA) is 104 Å². The zero-order valence-electron chi connectivity index (χ0n) is 14.9. The van der Waals surface area contributed by atoms with E-state index < -0.39 is 18.2 Å². The molecule has 1 aromatic carbocycles. The monoisotopic (exact) mass is 434 g/mol. The zero-order valence-corrected chi connectivity index (χ0v) is 16.4. The van der Waals surface area contributed by atoms with Crippen molar-refractivity contribution in [2.24, 2.45) is 0 Å². The quantitative estimate of drug-likeness (QED) is 0.768. The Morgan fingerprint density at radius 1 is 1.37 bits per heavy atom. The Kier molecular flexibility index (Phi) is 5.59. The predicted octanol–water partition coefficient (Wildman–Crippen LogP) is 2.43. The molecule has 9 heteroatoms. The van der Waals surface area contributed by atoms with Gasteiger partial charge in [0.15, 0.2) is 5.78 Å². The number of amides is 2. The number of ether oxygens (including phenoxy) is 1. The summed E-state index contributed by atoms with van der Waals surface area (Å²) in [6.45, 7) is 1.54. The van der Waals surface area contributed by atoms with Crippen molar-refractivity contribution in [3.8, 4) is 11.3 Å². The average molecular weight is 435 g/mol. The van der Waals surface area contributed by atoms with Crippen LogP contribution in [-0.4, -0.2) is 52.3 Å². The van der Waals surface area contributed by atoms with E-state index in [4.69, 9.17) is 0 Å². The van der Waals surface area contributed by atoms with E-state index in [-0.39, 0.29) is 24.7 Å². The van der Waals surface area contributed by atoms with E-state index in [0.717, 1.165) is 15.7 Å². The number of aromatic nitrogens is 2. The number of benzene rings is 1. The fraction of sp³-hybridized carbons (Fsp3) is 0.333. The van der Waals surface area contributed by atoms with Crippen molar-refractivity contribution in [2.75, 3.05) is 13.7 Å². The molecule has 0 saturated carbocycles. The number of likely N-dealkylation sites (tertiary alicyclic amines) is 1. The Morgan fingerprint density at radius 2 is 2.07 bits per heavy atom. The molecule has 142 valence electrons. The maximum atomic E-state index is 12.7. The molecule has 2 aromatic rings. The van der Waals surface area contributed by atoms with Crippen LogP contribution in [0.1, 0.15) is 25.2 Å². The van der Waals surface area contributed by atoms with Crippen LogP contribution >= 0.6 is 15.9 Å². The lowest BCUT2D eigenvalue weighted by molar-refractivity contribution is -0.135. The number of ketones is 1. The molecule has 3 rings (SSSR count). The van der Waals surface area contributed by atoms with E-state index in [9.17, 15) is 14.4 Å². The van der Waals surface area contributed by atoms with Gasteiger partial charge >= 0.3 is 6.09 Å². The SMILES string of the molecule is COC(=O)N[C@@H](C)C(=O)N1CC(=O)C[C@H]1c1ncc(-c2ccc(Br)cc2)[nH]1. The summed E-state index contributed by atoms with van der Waals surface area (Å²) in [5.41, 5.74) is 1.74. The third-order valence-electron chi connectivity index (χ3n) is 4.38. The predicted molar refractivity (Wildman–Crippen MR) is 101 cm³/mol. The summed E-state index contributed by atoms with van der Waals surface area (Å²) in [4.78, 5) is 45.1. The third-order valence-corrected chi connectivity index (χ3v) is 4.91.